The molecule has 0 saturated carbocycles. The van der Waals surface area contributed by atoms with Gasteiger partial charge in [0.15, 0.2) is 5.75 Å². The standard InChI is InChI=1S/C6H7NO3S/c7-1-2-11-6-4(9)3(8)5(6)10/h9H,1-2,7H2. The van der Waals surface area contributed by atoms with E-state index in [1.165, 1.54) is 0 Å². The summed E-state index contributed by atoms with van der Waals surface area (Å²) in [6.45, 7) is 0.420. The third kappa shape index (κ3) is 1.29. The maximum Gasteiger partial charge on any atom is 0.269 e. The van der Waals surface area contributed by atoms with Crippen LogP contribution >= 0.6 is 11.8 Å². The molecule has 0 amide bonds. The van der Waals surface area contributed by atoms with E-state index in [1.54, 1.807) is 0 Å². The average Bonchev–Trinajstić information content (AvgIpc) is 2.04. The van der Waals surface area contributed by atoms with Crippen LogP contribution < -0.4 is 16.6 Å². The molecule has 60 valence electrons. The Morgan fingerprint density at radius 1 is 1.36 bits per heavy atom. The van der Waals surface area contributed by atoms with E-state index >= 15 is 0 Å². The van der Waals surface area contributed by atoms with Crippen molar-refractivity contribution < 1.29 is 5.11 Å². The Balaban J connectivity index is 2.75. The van der Waals surface area contributed by atoms with Gasteiger partial charge in [0, 0.05) is 12.3 Å². The quantitative estimate of drug-likeness (QED) is 0.454. The van der Waals surface area contributed by atoms with Gasteiger partial charge in [0.1, 0.15) is 4.90 Å². The van der Waals surface area contributed by atoms with Crippen molar-refractivity contribution >= 4 is 11.8 Å². The van der Waals surface area contributed by atoms with Gasteiger partial charge in [0.25, 0.3) is 5.43 Å². The summed E-state index contributed by atoms with van der Waals surface area (Å²) in [6.07, 6.45) is 0. The Hall–Kier alpha value is -0.810. The highest BCUT2D eigenvalue weighted by Gasteiger charge is 2.19. The number of rotatable bonds is 3. The van der Waals surface area contributed by atoms with Crippen LogP contribution in [-0.2, 0) is 0 Å². The number of thioether (sulfide) groups is 1. The zero-order valence-electron chi connectivity index (χ0n) is 5.66. The minimum absolute atomic E-state index is 0.153. The average molecular weight is 173 g/mol. The highest BCUT2D eigenvalue weighted by Crippen LogP contribution is 2.21. The van der Waals surface area contributed by atoms with Crippen LogP contribution in [-0.4, -0.2) is 17.4 Å². The van der Waals surface area contributed by atoms with Gasteiger partial charge in [-0.15, -0.1) is 11.8 Å². The van der Waals surface area contributed by atoms with Crippen LogP contribution in [0.4, 0.5) is 0 Å². The first-order valence-electron chi connectivity index (χ1n) is 3.03. The summed E-state index contributed by atoms with van der Waals surface area (Å²) in [6, 6.07) is 0. The Labute approximate surface area is 66.7 Å². The van der Waals surface area contributed by atoms with Crippen molar-refractivity contribution in [1.82, 2.24) is 0 Å². The van der Waals surface area contributed by atoms with Crippen LogP contribution in [0.1, 0.15) is 0 Å². The van der Waals surface area contributed by atoms with E-state index in [4.69, 9.17) is 10.8 Å². The summed E-state index contributed by atoms with van der Waals surface area (Å²) in [4.78, 5) is 21.2. The second-order valence-corrected chi connectivity index (χ2v) is 3.08. The van der Waals surface area contributed by atoms with Gasteiger partial charge in [-0.1, -0.05) is 0 Å². The zero-order valence-corrected chi connectivity index (χ0v) is 6.48. The summed E-state index contributed by atoms with van der Waals surface area (Å²) < 4.78 is 0. The summed E-state index contributed by atoms with van der Waals surface area (Å²) in [5, 5.41) is 8.82. The summed E-state index contributed by atoms with van der Waals surface area (Å²) in [7, 11) is 0. The molecule has 0 spiro atoms. The molecule has 5 heteroatoms. The van der Waals surface area contributed by atoms with Gasteiger partial charge in [-0.3, -0.25) is 9.59 Å². The lowest BCUT2D eigenvalue weighted by Crippen LogP contribution is -2.31. The molecule has 11 heavy (non-hydrogen) atoms. The molecule has 0 heterocycles. The molecule has 0 aliphatic rings. The van der Waals surface area contributed by atoms with Gasteiger partial charge in [0.05, 0.1) is 0 Å². The molecule has 0 fully saturated rings. The molecule has 0 aromatic heterocycles. The smallest absolute Gasteiger partial charge is 0.269 e. The third-order valence-electron chi connectivity index (χ3n) is 1.21. The van der Waals surface area contributed by atoms with Crippen molar-refractivity contribution in [1.29, 1.82) is 0 Å². The van der Waals surface area contributed by atoms with Gasteiger partial charge in [-0.05, 0) is 0 Å². The molecule has 3 N–H and O–H groups in total. The third-order valence-corrected chi connectivity index (χ3v) is 2.31. The molecule has 0 atom stereocenters. The van der Waals surface area contributed by atoms with Gasteiger partial charge in [0.2, 0.25) is 5.43 Å². The van der Waals surface area contributed by atoms with E-state index in [0.29, 0.717) is 12.3 Å². The molecule has 1 rings (SSSR count). The first-order valence-corrected chi connectivity index (χ1v) is 4.02. The van der Waals surface area contributed by atoms with Crippen molar-refractivity contribution in [3.05, 3.63) is 20.4 Å². The second-order valence-electron chi connectivity index (χ2n) is 1.97. The van der Waals surface area contributed by atoms with E-state index in [1.807, 2.05) is 0 Å². The second kappa shape index (κ2) is 3.06. The molecule has 0 bridgehead atoms. The van der Waals surface area contributed by atoms with Crippen LogP contribution in [0.3, 0.4) is 0 Å². The van der Waals surface area contributed by atoms with Gasteiger partial charge in [-0.2, -0.15) is 0 Å². The fraction of sp³-hybridized carbons (Fsp3) is 0.333. The Morgan fingerprint density at radius 3 is 2.45 bits per heavy atom. The van der Waals surface area contributed by atoms with Crippen molar-refractivity contribution in [2.24, 2.45) is 5.73 Å². The van der Waals surface area contributed by atoms with E-state index in [-0.39, 0.29) is 4.90 Å². The van der Waals surface area contributed by atoms with Gasteiger partial charge < -0.3 is 10.8 Å². The van der Waals surface area contributed by atoms with Crippen molar-refractivity contribution in [2.75, 3.05) is 12.3 Å². The fourth-order valence-corrected chi connectivity index (χ4v) is 1.43. The Kier molecular flexibility index (Phi) is 2.31. The van der Waals surface area contributed by atoms with E-state index < -0.39 is 16.6 Å². The molecular formula is C6H7NO3S. The van der Waals surface area contributed by atoms with Gasteiger partial charge in [-0.25, -0.2) is 0 Å². The molecule has 1 aromatic rings. The lowest BCUT2D eigenvalue weighted by atomic mass is 10.3. The fourth-order valence-electron chi connectivity index (χ4n) is 0.654. The zero-order chi connectivity index (χ0) is 8.43. The lowest BCUT2D eigenvalue weighted by molar-refractivity contribution is 0.446. The minimum atomic E-state index is -0.787. The molecular weight excluding hydrogens is 166 g/mol. The minimum Gasteiger partial charge on any atom is -0.503 e. The molecule has 0 unspecified atom stereocenters. The normalized spacial score (nSPS) is 10.6. The first-order chi connectivity index (χ1) is 5.18. The monoisotopic (exact) mass is 173 g/mol. The van der Waals surface area contributed by atoms with Crippen LogP contribution in [0.2, 0.25) is 0 Å². The highest BCUT2D eigenvalue weighted by molar-refractivity contribution is 7.99. The van der Waals surface area contributed by atoms with Crippen molar-refractivity contribution in [3.8, 4) is 5.75 Å². The van der Waals surface area contributed by atoms with E-state index in [9.17, 15) is 9.59 Å². The van der Waals surface area contributed by atoms with Crippen LogP contribution in [0.15, 0.2) is 14.5 Å². The number of hydrogen-bond donors (Lipinski definition) is 2. The Morgan fingerprint density at radius 2 is 2.00 bits per heavy atom. The molecule has 0 aliphatic heterocycles. The SMILES string of the molecule is NCCSc1c(O)c(=O)c1=O. The summed E-state index contributed by atoms with van der Waals surface area (Å²) in [5.41, 5.74) is 3.78. The topological polar surface area (TPSA) is 80.4 Å². The number of hydrogen-bond acceptors (Lipinski definition) is 5. The lowest BCUT2D eigenvalue weighted by Gasteiger charge is -2.02. The largest absolute Gasteiger partial charge is 0.503 e. The first kappa shape index (κ1) is 8.29. The number of aromatic hydroxyl groups is 1. The van der Waals surface area contributed by atoms with Crippen LogP contribution in [0.5, 0.6) is 5.75 Å². The maximum absolute atomic E-state index is 10.6. The summed E-state index contributed by atoms with van der Waals surface area (Å²) >= 11 is 1.12. The predicted octanol–water partition coefficient (Wildman–Crippen LogP) is -0.961. The van der Waals surface area contributed by atoms with Gasteiger partial charge >= 0.3 is 0 Å². The van der Waals surface area contributed by atoms with Crippen molar-refractivity contribution in [2.45, 2.75) is 4.90 Å². The maximum atomic E-state index is 10.6. The highest BCUT2D eigenvalue weighted by atomic mass is 32.2. The Bertz CT molecular complexity index is 326. The molecule has 0 aliphatic carbocycles. The summed E-state index contributed by atoms with van der Waals surface area (Å²) in [5.74, 6) is 0.131. The van der Waals surface area contributed by atoms with E-state index in [2.05, 4.69) is 0 Å². The van der Waals surface area contributed by atoms with Crippen molar-refractivity contribution in [3.63, 3.8) is 0 Å². The molecule has 0 saturated heterocycles. The van der Waals surface area contributed by atoms with Crippen LogP contribution in [0, 0.1) is 0 Å². The van der Waals surface area contributed by atoms with E-state index in [0.717, 1.165) is 11.8 Å². The molecule has 0 radical (unpaired) electrons. The molecule has 4 nitrogen and oxygen atoms in total. The van der Waals surface area contributed by atoms with Crippen LogP contribution in [0.25, 0.3) is 0 Å². The predicted molar refractivity (Wildman–Crippen MR) is 42.8 cm³/mol. The molecule has 1 aromatic carbocycles. The number of nitrogens with two attached hydrogens (primary N) is 1.